The third-order valence-corrected chi connectivity index (χ3v) is 4.22. The van der Waals surface area contributed by atoms with Crippen LogP contribution in [0.3, 0.4) is 0 Å². The van der Waals surface area contributed by atoms with Gasteiger partial charge in [-0.05, 0) is 28.0 Å². The molecule has 1 saturated heterocycles. The maximum atomic E-state index is 12.0. The molecule has 141 valence electrons. The van der Waals surface area contributed by atoms with Gasteiger partial charge in [0.2, 0.25) is 7.09 Å². The van der Waals surface area contributed by atoms with E-state index in [2.05, 4.69) is 0 Å². The first-order valence-electron chi connectivity index (χ1n) is 8.95. The van der Waals surface area contributed by atoms with Gasteiger partial charge in [-0.2, -0.15) is 0 Å². The van der Waals surface area contributed by atoms with Crippen LogP contribution in [0.5, 0.6) is 0 Å². The van der Waals surface area contributed by atoms with Crippen molar-refractivity contribution < 1.29 is 33.1 Å². The highest BCUT2D eigenvalue weighted by molar-refractivity contribution is 8.15. The summed E-state index contributed by atoms with van der Waals surface area (Å²) < 4.78 is 22.8. The van der Waals surface area contributed by atoms with Crippen molar-refractivity contribution in [2.75, 3.05) is 6.61 Å². The quantitative estimate of drug-likeness (QED) is 0.236. The van der Waals surface area contributed by atoms with Gasteiger partial charge in [0.15, 0.2) is 5.79 Å². The standard InChI is InChI=1S/C16H26BO7S/c1-3-22-15(20)8-12(19)10-16(21)6-4-5-13(23-16)9-14(24-25-17)7-11(2)18/h13-14,17,21H,3-10H2,1-2H3/t13-,14+,16?/m0/s1/i17T. The lowest BCUT2D eigenvalue weighted by atomic mass is 9.93. The number of Topliss-reactive ketones (excluding diaryl/α,β-unsaturated/α-hetero) is 2. The van der Waals surface area contributed by atoms with E-state index in [1.54, 1.807) is 6.92 Å². The lowest BCUT2D eigenvalue weighted by Gasteiger charge is -2.38. The Bertz CT molecular complexity index is 493. The summed E-state index contributed by atoms with van der Waals surface area (Å²) >= 11 is 0.835. The van der Waals surface area contributed by atoms with E-state index in [0.717, 1.165) is 19.0 Å². The molecule has 0 aromatic carbocycles. The molecule has 0 amide bonds. The fourth-order valence-electron chi connectivity index (χ4n) is 2.92. The van der Waals surface area contributed by atoms with Gasteiger partial charge in [0.1, 0.15) is 18.0 Å². The maximum Gasteiger partial charge on any atom is 0.313 e. The van der Waals surface area contributed by atoms with Gasteiger partial charge in [-0.25, -0.2) is 0 Å². The van der Waals surface area contributed by atoms with Crippen molar-refractivity contribution in [3.63, 3.8) is 0 Å². The van der Waals surface area contributed by atoms with Crippen LogP contribution >= 0.6 is 11.9 Å². The Morgan fingerprint density at radius 2 is 2.28 bits per heavy atom. The highest BCUT2D eigenvalue weighted by atomic mass is 32.2. The molecule has 0 aromatic rings. The van der Waals surface area contributed by atoms with Gasteiger partial charge in [0, 0.05) is 19.3 Å². The smallest absolute Gasteiger partial charge is 0.313 e. The van der Waals surface area contributed by atoms with Crippen LogP contribution in [0.25, 0.3) is 0 Å². The zero-order chi connectivity index (χ0) is 19.6. The minimum atomic E-state index is -1.62. The monoisotopic (exact) mass is 375 g/mol. The number of carbonyl (C=O) groups excluding carboxylic acids is 3. The second-order valence-electron chi connectivity index (χ2n) is 6.23. The number of hydrogen-bond acceptors (Lipinski definition) is 8. The molecule has 9 heteroatoms. The summed E-state index contributed by atoms with van der Waals surface area (Å²) in [6, 6.07) is 0. The summed E-state index contributed by atoms with van der Waals surface area (Å²) in [6.45, 7) is 3.30. The maximum absolute atomic E-state index is 12.0. The molecule has 1 N–H and O–H groups in total. The van der Waals surface area contributed by atoms with Crippen LogP contribution in [0, 0.1) is 0 Å². The van der Waals surface area contributed by atoms with E-state index in [0.29, 0.717) is 25.7 Å². The van der Waals surface area contributed by atoms with Crippen molar-refractivity contribution in [1.29, 1.82) is 1.34 Å². The first-order valence-corrected chi connectivity index (χ1v) is 9.17. The lowest BCUT2D eigenvalue weighted by molar-refractivity contribution is -0.256. The molecule has 1 aliphatic rings. The van der Waals surface area contributed by atoms with Crippen molar-refractivity contribution in [3.05, 3.63) is 0 Å². The zero-order valence-electron chi connectivity index (χ0n) is 15.7. The molecule has 0 spiro atoms. The van der Waals surface area contributed by atoms with E-state index in [1.807, 2.05) is 0 Å². The van der Waals surface area contributed by atoms with E-state index in [4.69, 9.17) is 15.0 Å². The Morgan fingerprint density at radius 3 is 2.92 bits per heavy atom. The van der Waals surface area contributed by atoms with E-state index < -0.39 is 30.1 Å². The van der Waals surface area contributed by atoms with Gasteiger partial charge in [-0.15, -0.1) is 0 Å². The number of aliphatic hydroxyl groups is 1. The largest absolute Gasteiger partial charge is 0.466 e. The van der Waals surface area contributed by atoms with Crippen LogP contribution in [0.2, 0.25) is 0 Å². The molecule has 0 saturated carbocycles. The molecule has 1 aliphatic heterocycles. The molecule has 1 radical (unpaired) electrons. The first-order chi connectivity index (χ1) is 12.3. The van der Waals surface area contributed by atoms with E-state index in [9.17, 15) is 19.5 Å². The third kappa shape index (κ3) is 8.85. The average molecular weight is 375 g/mol. The molecular weight excluding hydrogens is 347 g/mol. The summed E-state index contributed by atoms with van der Waals surface area (Å²) in [6.07, 6.45) is 0.675. The van der Waals surface area contributed by atoms with Crippen molar-refractivity contribution in [1.82, 2.24) is 0 Å². The zero-order valence-corrected chi connectivity index (χ0v) is 15.5. The number of ether oxygens (including phenoxy) is 2. The molecule has 25 heavy (non-hydrogen) atoms. The Kier molecular flexibility index (Phi) is 8.95. The minimum absolute atomic E-state index is 0.0451. The number of rotatable bonds is 12. The molecule has 0 aliphatic carbocycles. The van der Waals surface area contributed by atoms with Gasteiger partial charge in [-0.1, -0.05) is 11.9 Å². The van der Waals surface area contributed by atoms with E-state index in [1.165, 1.54) is 6.92 Å². The number of carbonyl (C=O) groups is 3. The van der Waals surface area contributed by atoms with Crippen molar-refractivity contribution in [3.8, 4) is 0 Å². The van der Waals surface area contributed by atoms with Crippen LogP contribution < -0.4 is 0 Å². The van der Waals surface area contributed by atoms with Crippen molar-refractivity contribution in [2.24, 2.45) is 0 Å². The topological polar surface area (TPSA) is 99.1 Å². The highest BCUT2D eigenvalue weighted by Crippen LogP contribution is 2.33. The SMILES string of the molecule is [3H][B]SO[C@H](CC(C)=O)C[C@@H]1CCCC(O)(CC(=O)CC(=O)OCC)O1. The molecule has 0 bridgehead atoms. The number of esters is 1. The summed E-state index contributed by atoms with van der Waals surface area (Å²) in [4.78, 5) is 34.7. The predicted octanol–water partition coefficient (Wildman–Crippen LogP) is 1.37. The Morgan fingerprint density at radius 1 is 1.52 bits per heavy atom. The van der Waals surface area contributed by atoms with Gasteiger partial charge in [-0.3, -0.25) is 14.4 Å². The first kappa shape index (κ1) is 20.4. The van der Waals surface area contributed by atoms with Gasteiger partial charge in [0.25, 0.3) is 0 Å². The predicted molar refractivity (Wildman–Crippen MR) is 94.1 cm³/mol. The van der Waals surface area contributed by atoms with Crippen LogP contribution in [0.15, 0.2) is 0 Å². The van der Waals surface area contributed by atoms with Gasteiger partial charge >= 0.3 is 5.97 Å². The van der Waals surface area contributed by atoms with Crippen molar-refractivity contribution in [2.45, 2.75) is 76.8 Å². The normalized spacial score (nSPS) is 24.9. The van der Waals surface area contributed by atoms with Crippen LogP contribution in [0.4, 0.5) is 0 Å². The summed E-state index contributed by atoms with van der Waals surface area (Å²) in [5.74, 6) is -2.73. The summed E-state index contributed by atoms with van der Waals surface area (Å²) in [5, 5.41) is 10.6. The molecular formula is C16H26BO7S. The average Bonchev–Trinajstić information content (AvgIpc) is 2.51. The number of ketones is 2. The fraction of sp³-hybridized carbons (Fsp3) is 0.812. The molecule has 0 aromatic heterocycles. The Labute approximate surface area is 155 Å². The van der Waals surface area contributed by atoms with Crippen LogP contribution in [-0.2, 0) is 28.0 Å². The van der Waals surface area contributed by atoms with Crippen LogP contribution in [0.1, 0.15) is 58.8 Å². The fourth-order valence-corrected chi connectivity index (χ4v) is 3.23. The molecule has 1 unspecified atom stereocenters. The minimum Gasteiger partial charge on any atom is -0.466 e. The molecule has 3 atom stereocenters. The lowest BCUT2D eigenvalue weighted by Crippen LogP contribution is -2.43. The molecule has 1 fully saturated rings. The molecule has 1 rings (SSSR count). The van der Waals surface area contributed by atoms with E-state index >= 15 is 0 Å². The van der Waals surface area contributed by atoms with E-state index in [-0.39, 0.29) is 31.3 Å². The van der Waals surface area contributed by atoms with Crippen molar-refractivity contribution >= 4 is 36.5 Å². The summed E-state index contributed by atoms with van der Waals surface area (Å²) in [5.41, 5.74) is 0. The second kappa shape index (κ2) is 11.0. The Hall–Kier alpha value is -0.895. The van der Waals surface area contributed by atoms with Gasteiger partial charge < -0.3 is 18.8 Å². The third-order valence-electron chi connectivity index (χ3n) is 3.83. The molecule has 7 nitrogen and oxygen atoms in total. The Balaban J connectivity index is 2.58. The van der Waals surface area contributed by atoms with Crippen LogP contribution in [-0.4, -0.2) is 55.7 Å². The molecule has 1 heterocycles. The highest BCUT2D eigenvalue weighted by Gasteiger charge is 2.38. The second-order valence-corrected chi connectivity index (χ2v) is 6.62. The van der Waals surface area contributed by atoms with Gasteiger partial charge in [0.05, 0.1) is 25.2 Å². The number of hydrogen-bond donors (Lipinski definition) is 1. The summed E-state index contributed by atoms with van der Waals surface area (Å²) in [7, 11) is 1.03.